The largest absolute Gasteiger partial charge is 0.365 e. The molecule has 0 N–H and O–H groups in total. The lowest BCUT2D eigenvalue weighted by atomic mass is 10.3. The highest BCUT2D eigenvalue weighted by Gasteiger charge is 2.20. The molecule has 0 amide bonds. The number of hydrogen-bond donors (Lipinski definition) is 0. The third kappa shape index (κ3) is 2.70. The third-order valence-corrected chi connectivity index (χ3v) is 3.49. The molecule has 1 aliphatic rings. The Bertz CT molecular complexity index is 432. The van der Waals surface area contributed by atoms with Gasteiger partial charge >= 0.3 is 0 Å². The van der Waals surface area contributed by atoms with Crippen LogP contribution in [0, 0.1) is 10.1 Å². The van der Waals surface area contributed by atoms with Crippen LogP contribution in [-0.2, 0) is 6.54 Å². The standard InChI is InChI=1S/C9H10ClN3O2S/c10-9-11-4-8(16-9)6-12-3-1-2-7(12)5-13(14)15/h4-5H,1-3,6H2/b7-5+. The molecule has 16 heavy (non-hydrogen) atoms. The van der Waals surface area contributed by atoms with Gasteiger partial charge in [0.2, 0.25) is 0 Å². The first-order valence-electron chi connectivity index (χ1n) is 4.84. The molecule has 2 rings (SSSR count). The summed E-state index contributed by atoms with van der Waals surface area (Å²) in [4.78, 5) is 17.0. The lowest BCUT2D eigenvalue weighted by molar-refractivity contribution is -0.404. The third-order valence-electron chi connectivity index (χ3n) is 2.39. The lowest BCUT2D eigenvalue weighted by Gasteiger charge is -2.16. The molecule has 1 aromatic heterocycles. The number of hydrogen-bond acceptors (Lipinski definition) is 5. The van der Waals surface area contributed by atoms with Crippen LogP contribution in [0.2, 0.25) is 4.47 Å². The van der Waals surface area contributed by atoms with Crippen LogP contribution in [0.5, 0.6) is 0 Å². The number of nitrogens with zero attached hydrogens (tertiary/aromatic N) is 3. The van der Waals surface area contributed by atoms with Crippen LogP contribution in [-0.4, -0.2) is 21.4 Å². The Kier molecular flexibility index (Phi) is 3.40. The molecule has 1 aliphatic heterocycles. The Morgan fingerprint density at radius 3 is 3.19 bits per heavy atom. The van der Waals surface area contributed by atoms with Crippen LogP contribution >= 0.6 is 22.9 Å². The predicted molar refractivity (Wildman–Crippen MR) is 61.8 cm³/mol. The van der Waals surface area contributed by atoms with Gasteiger partial charge in [-0.05, 0) is 12.8 Å². The summed E-state index contributed by atoms with van der Waals surface area (Å²) >= 11 is 7.14. The van der Waals surface area contributed by atoms with Gasteiger partial charge in [0.05, 0.1) is 17.2 Å². The molecule has 1 aromatic rings. The van der Waals surface area contributed by atoms with Crippen molar-refractivity contribution in [2.24, 2.45) is 0 Å². The lowest BCUT2D eigenvalue weighted by Crippen LogP contribution is -2.17. The second-order valence-corrected chi connectivity index (χ2v) is 5.21. The van der Waals surface area contributed by atoms with Crippen LogP contribution in [0.3, 0.4) is 0 Å². The van der Waals surface area contributed by atoms with Crippen molar-refractivity contribution in [3.8, 4) is 0 Å². The van der Waals surface area contributed by atoms with E-state index in [1.54, 1.807) is 6.20 Å². The topological polar surface area (TPSA) is 59.3 Å². The molecule has 0 aromatic carbocycles. The van der Waals surface area contributed by atoms with Gasteiger partial charge in [0.25, 0.3) is 6.20 Å². The summed E-state index contributed by atoms with van der Waals surface area (Å²) in [5, 5.41) is 10.4. The van der Waals surface area contributed by atoms with E-state index in [2.05, 4.69) is 4.98 Å². The van der Waals surface area contributed by atoms with Gasteiger partial charge in [-0.15, -0.1) is 11.3 Å². The van der Waals surface area contributed by atoms with Crippen LogP contribution in [0.15, 0.2) is 18.1 Å². The van der Waals surface area contributed by atoms with Crippen molar-refractivity contribution in [3.63, 3.8) is 0 Å². The summed E-state index contributed by atoms with van der Waals surface area (Å²) in [6.45, 7) is 1.51. The molecule has 0 atom stereocenters. The quantitative estimate of drug-likeness (QED) is 0.618. The van der Waals surface area contributed by atoms with E-state index in [1.165, 1.54) is 11.3 Å². The van der Waals surface area contributed by atoms with Crippen molar-refractivity contribution < 1.29 is 4.92 Å². The second-order valence-electron chi connectivity index (χ2n) is 3.51. The van der Waals surface area contributed by atoms with Gasteiger partial charge in [-0.2, -0.15) is 0 Å². The highest BCUT2D eigenvalue weighted by atomic mass is 35.5. The SMILES string of the molecule is O=[N+]([O-])/C=C1\CCCN1Cc1cnc(Cl)s1. The van der Waals surface area contributed by atoms with E-state index in [-0.39, 0.29) is 0 Å². The van der Waals surface area contributed by atoms with Gasteiger partial charge in [-0.25, -0.2) is 4.98 Å². The zero-order valence-electron chi connectivity index (χ0n) is 8.43. The van der Waals surface area contributed by atoms with Gasteiger partial charge in [0.1, 0.15) is 0 Å². The Labute approximate surface area is 102 Å². The Morgan fingerprint density at radius 1 is 1.75 bits per heavy atom. The van der Waals surface area contributed by atoms with E-state index in [1.807, 2.05) is 4.90 Å². The molecule has 0 spiro atoms. The molecular formula is C9H10ClN3O2S. The summed E-state index contributed by atoms with van der Waals surface area (Å²) in [7, 11) is 0. The minimum atomic E-state index is -0.396. The molecular weight excluding hydrogens is 250 g/mol. The summed E-state index contributed by atoms with van der Waals surface area (Å²) in [6.07, 6.45) is 4.55. The molecule has 0 aliphatic carbocycles. The van der Waals surface area contributed by atoms with Gasteiger partial charge in [0.15, 0.2) is 4.47 Å². The summed E-state index contributed by atoms with van der Waals surface area (Å²) in [5.41, 5.74) is 0.787. The molecule has 1 saturated heterocycles. The highest BCUT2D eigenvalue weighted by molar-refractivity contribution is 7.15. The first-order valence-corrected chi connectivity index (χ1v) is 6.04. The van der Waals surface area contributed by atoms with Gasteiger partial charge in [-0.1, -0.05) is 11.6 Å². The van der Waals surface area contributed by atoms with E-state index in [0.29, 0.717) is 11.0 Å². The molecule has 5 nitrogen and oxygen atoms in total. The van der Waals surface area contributed by atoms with Crippen LogP contribution < -0.4 is 0 Å². The minimum absolute atomic E-state index is 0.396. The number of allylic oxidation sites excluding steroid dienone is 1. The molecule has 0 radical (unpaired) electrons. The maximum absolute atomic E-state index is 10.4. The zero-order chi connectivity index (χ0) is 11.5. The first-order chi connectivity index (χ1) is 7.65. The van der Waals surface area contributed by atoms with Crippen molar-refractivity contribution in [2.45, 2.75) is 19.4 Å². The van der Waals surface area contributed by atoms with Gasteiger partial charge in [0, 0.05) is 17.6 Å². The average molecular weight is 260 g/mol. The monoisotopic (exact) mass is 259 g/mol. The van der Waals surface area contributed by atoms with Gasteiger partial charge in [-0.3, -0.25) is 10.1 Å². The number of nitro groups is 1. The van der Waals surface area contributed by atoms with Crippen LogP contribution in [0.4, 0.5) is 0 Å². The Morgan fingerprint density at radius 2 is 2.56 bits per heavy atom. The van der Waals surface area contributed by atoms with E-state index >= 15 is 0 Å². The van der Waals surface area contributed by atoms with Crippen molar-refractivity contribution in [1.29, 1.82) is 0 Å². The van der Waals surface area contributed by atoms with Crippen molar-refractivity contribution in [3.05, 3.63) is 37.6 Å². The number of likely N-dealkylation sites (tertiary alicyclic amines) is 1. The molecule has 2 heterocycles. The normalized spacial score (nSPS) is 18.3. The van der Waals surface area contributed by atoms with Crippen molar-refractivity contribution >= 4 is 22.9 Å². The van der Waals surface area contributed by atoms with E-state index in [9.17, 15) is 10.1 Å². The highest BCUT2D eigenvalue weighted by Crippen LogP contribution is 2.26. The molecule has 0 saturated carbocycles. The number of thiazole rings is 1. The number of rotatable bonds is 3. The fourth-order valence-corrected chi connectivity index (χ4v) is 2.74. The average Bonchev–Trinajstić information content (AvgIpc) is 2.77. The smallest absolute Gasteiger partial charge is 0.253 e. The van der Waals surface area contributed by atoms with Crippen LogP contribution in [0.25, 0.3) is 0 Å². The Balaban J connectivity index is 2.06. The number of halogens is 1. The molecule has 0 unspecified atom stereocenters. The maximum atomic E-state index is 10.4. The zero-order valence-corrected chi connectivity index (χ0v) is 10.00. The molecule has 0 bridgehead atoms. The second kappa shape index (κ2) is 4.80. The van der Waals surface area contributed by atoms with E-state index < -0.39 is 4.92 Å². The minimum Gasteiger partial charge on any atom is -0.365 e. The fraction of sp³-hybridized carbons (Fsp3) is 0.444. The van der Waals surface area contributed by atoms with E-state index in [4.69, 9.17) is 11.6 Å². The summed E-state index contributed by atoms with van der Waals surface area (Å²) in [5.74, 6) is 0. The van der Waals surface area contributed by atoms with Gasteiger partial charge < -0.3 is 4.90 Å². The predicted octanol–water partition coefficient (Wildman–Crippen LogP) is 2.51. The van der Waals surface area contributed by atoms with Crippen molar-refractivity contribution in [2.75, 3.05) is 6.54 Å². The van der Waals surface area contributed by atoms with Crippen molar-refractivity contribution in [1.82, 2.24) is 9.88 Å². The Hall–Kier alpha value is -1.14. The molecule has 86 valence electrons. The summed E-state index contributed by atoms with van der Waals surface area (Å²) < 4.78 is 0.508. The maximum Gasteiger partial charge on any atom is 0.253 e. The van der Waals surface area contributed by atoms with Crippen LogP contribution in [0.1, 0.15) is 17.7 Å². The molecule has 7 heteroatoms. The summed E-state index contributed by atoms with van der Waals surface area (Å²) in [6, 6.07) is 0. The van der Waals surface area contributed by atoms with E-state index in [0.717, 1.165) is 36.2 Å². The first kappa shape index (κ1) is 11.3. The fourth-order valence-electron chi connectivity index (χ4n) is 1.75. The number of aromatic nitrogens is 1. The molecule has 1 fully saturated rings.